The Morgan fingerprint density at radius 3 is 2.42 bits per heavy atom. The van der Waals surface area contributed by atoms with Gasteiger partial charge in [-0.3, -0.25) is 4.72 Å². The zero-order valence-electron chi connectivity index (χ0n) is 12.7. The van der Waals surface area contributed by atoms with Gasteiger partial charge in [-0.2, -0.15) is 10.2 Å². The molecule has 0 fully saturated rings. The summed E-state index contributed by atoms with van der Waals surface area (Å²) in [6.07, 6.45) is 7.11. The highest BCUT2D eigenvalue weighted by atomic mass is 79.9. The molecule has 1 aliphatic rings. The standard InChI is InChI=1S/C16H24BrNS/c1-11-10-13-12(8-7-9-14(13)17)15(11)19(5,6)18-16(2,3)4/h7-10,15,18H,1-6H3. The lowest BCUT2D eigenvalue weighted by Gasteiger charge is -2.45. The molecule has 1 nitrogen and oxygen atoms in total. The van der Waals surface area contributed by atoms with Gasteiger partial charge in [-0.25, -0.2) is 0 Å². The van der Waals surface area contributed by atoms with Crippen molar-refractivity contribution in [2.45, 2.75) is 38.5 Å². The Morgan fingerprint density at radius 2 is 1.84 bits per heavy atom. The fourth-order valence-corrected chi connectivity index (χ4v) is 7.14. The molecule has 1 aromatic rings. The number of benzene rings is 1. The van der Waals surface area contributed by atoms with Crippen molar-refractivity contribution in [3.63, 3.8) is 0 Å². The van der Waals surface area contributed by atoms with Gasteiger partial charge in [0.2, 0.25) is 0 Å². The molecule has 3 heteroatoms. The number of hydrogen-bond acceptors (Lipinski definition) is 1. The molecule has 1 aromatic carbocycles. The molecule has 1 aliphatic carbocycles. The van der Waals surface area contributed by atoms with Crippen LogP contribution in [0.25, 0.3) is 6.08 Å². The predicted molar refractivity (Wildman–Crippen MR) is 92.9 cm³/mol. The van der Waals surface area contributed by atoms with E-state index >= 15 is 0 Å². The van der Waals surface area contributed by atoms with Gasteiger partial charge in [-0.15, -0.1) is 0 Å². The van der Waals surface area contributed by atoms with Crippen LogP contribution in [0.1, 0.15) is 44.1 Å². The van der Waals surface area contributed by atoms with Crippen molar-refractivity contribution in [1.29, 1.82) is 0 Å². The maximum atomic E-state index is 3.86. The van der Waals surface area contributed by atoms with E-state index in [1.165, 1.54) is 21.2 Å². The summed E-state index contributed by atoms with van der Waals surface area (Å²) in [7, 11) is -0.936. The minimum Gasteiger partial charge on any atom is -0.275 e. The van der Waals surface area contributed by atoms with Crippen molar-refractivity contribution in [3.8, 4) is 0 Å². The first kappa shape index (κ1) is 15.1. The summed E-state index contributed by atoms with van der Waals surface area (Å²) in [6.45, 7) is 9.00. The molecule has 0 saturated carbocycles. The second-order valence-electron chi connectivity index (χ2n) is 6.77. The Labute approximate surface area is 127 Å². The van der Waals surface area contributed by atoms with Crippen molar-refractivity contribution in [1.82, 2.24) is 4.72 Å². The first-order valence-electron chi connectivity index (χ1n) is 6.59. The highest BCUT2D eigenvalue weighted by Crippen LogP contribution is 2.60. The van der Waals surface area contributed by atoms with E-state index in [9.17, 15) is 0 Å². The van der Waals surface area contributed by atoms with Crippen molar-refractivity contribution >= 4 is 32.2 Å². The van der Waals surface area contributed by atoms with Gasteiger partial charge in [0.1, 0.15) is 0 Å². The molecule has 0 saturated heterocycles. The molecule has 0 bridgehead atoms. The molecule has 0 amide bonds. The van der Waals surface area contributed by atoms with Crippen LogP contribution in [-0.2, 0) is 0 Å². The summed E-state index contributed by atoms with van der Waals surface area (Å²) < 4.78 is 5.06. The molecule has 0 aromatic heterocycles. The summed E-state index contributed by atoms with van der Waals surface area (Å²) in [5, 5.41) is 0.513. The van der Waals surface area contributed by atoms with E-state index in [0.29, 0.717) is 5.25 Å². The van der Waals surface area contributed by atoms with Crippen LogP contribution >= 0.6 is 26.1 Å². The molecule has 0 aliphatic heterocycles. The number of halogens is 1. The van der Waals surface area contributed by atoms with Crippen LogP contribution in [0.2, 0.25) is 0 Å². The van der Waals surface area contributed by atoms with Gasteiger partial charge in [0, 0.05) is 15.3 Å². The Kier molecular flexibility index (Phi) is 3.94. The molecular formula is C16H24BrNS. The number of nitrogens with one attached hydrogen (secondary N) is 1. The second kappa shape index (κ2) is 4.94. The molecule has 2 rings (SSSR count). The van der Waals surface area contributed by atoms with E-state index in [4.69, 9.17) is 0 Å². The fourth-order valence-electron chi connectivity index (χ4n) is 3.11. The van der Waals surface area contributed by atoms with Gasteiger partial charge < -0.3 is 0 Å². The average molecular weight is 342 g/mol. The van der Waals surface area contributed by atoms with Gasteiger partial charge in [0.15, 0.2) is 0 Å². The quantitative estimate of drug-likeness (QED) is 0.772. The zero-order chi connectivity index (χ0) is 14.4. The fraction of sp³-hybridized carbons (Fsp3) is 0.500. The van der Waals surface area contributed by atoms with Crippen molar-refractivity contribution in [2.75, 3.05) is 12.5 Å². The van der Waals surface area contributed by atoms with Crippen LogP contribution in [0.5, 0.6) is 0 Å². The van der Waals surface area contributed by atoms with Gasteiger partial charge in [-0.05, 0) is 57.4 Å². The normalized spacial score (nSPS) is 20.2. The first-order chi connectivity index (χ1) is 8.62. The lowest BCUT2D eigenvalue weighted by molar-refractivity contribution is 0.529. The highest BCUT2D eigenvalue weighted by Gasteiger charge is 2.35. The van der Waals surface area contributed by atoms with Gasteiger partial charge in [0.25, 0.3) is 0 Å². The van der Waals surface area contributed by atoms with E-state index < -0.39 is 10.2 Å². The predicted octanol–water partition coefficient (Wildman–Crippen LogP) is 5.27. The zero-order valence-corrected chi connectivity index (χ0v) is 15.1. The van der Waals surface area contributed by atoms with E-state index in [-0.39, 0.29) is 5.54 Å². The minimum atomic E-state index is -0.936. The van der Waals surface area contributed by atoms with E-state index in [1.807, 2.05) is 0 Å². The van der Waals surface area contributed by atoms with E-state index in [1.54, 1.807) is 0 Å². The molecule has 106 valence electrons. The Morgan fingerprint density at radius 1 is 1.21 bits per heavy atom. The van der Waals surface area contributed by atoms with Crippen LogP contribution in [-0.4, -0.2) is 18.1 Å². The van der Waals surface area contributed by atoms with Gasteiger partial charge >= 0.3 is 0 Å². The largest absolute Gasteiger partial charge is 0.275 e. The number of fused-ring (bicyclic) bond motifs is 1. The van der Waals surface area contributed by atoms with Crippen LogP contribution in [0, 0.1) is 0 Å². The topological polar surface area (TPSA) is 12.0 Å². The Bertz CT molecular complexity index is 526. The monoisotopic (exact) mass is 341 g/mol. The molecule has 0 heterocycles. The van der Waals surface area contributed by atoms with Crippen molar-refractivity contribution in [3.05, 3.63) is 39.4 Å². The van der Waals surface area contributed by atoms with Crippen LogP contribution in [0.15, 0.2) is 28.2 Å². The lowest BCUT2D eigenvalue weighted by Crippen LogP contribution is -2.39. The summed E-state index contributed by atoms with van der Waals surface area (Å²) in [5.74, 6) is 0. The molecule has 1 unspecified atom stereocenters. The Balaban J connectivity index is 2.43. The molecular weight excluding hydrogens is 318 g/mol. The third-order valence-corrected chi connectivity index (χ3v) is 6.95. The van der Waals surface area contributed by atoms with E-state index in [0.717, 1.165) is 0 Å². The van der Waals surface area contributed by atoms with Crippen LogP contribution in [0.3, 0.4) is 0 Å². The smallest absolute Gasteiger partial charge is 0.0465 e. The molecule has 1 atom stereocenters. The third-order valence-electron chi connectivity index (χ3n) is 3.31. The van der Waals surface area contributed by atoms with Crippen molar-refractivity contribution in [2.24, 2.45) is 0 Å². The second-order valence-corrected chi connectivity index (χ2v) is 11.1. The highest BCUT2D eigenvalue weighted by molar-refractivity contribution is 9.10. The number of rotatable bonds is 2. The lowest BCUT2D eigenvalue weighted by atomic mass is 10.1. The first-order valence-corrected chi connectivity index (χ1v) is 9.90. The summed E-state index contributed by atoms with van der Waals surface area (Å²) in [4.78, 5) is 0. The van der Waals surface area contributed by atoms with Crippen LogP contribution in [0.4, 0.5) is 0 Å². The maximum absolute atomic E-state index is 3.86. The molecule has 0 spiro atoms. The summed E-state index contributed by atoms with van der Waals surface area (Å²) in [6, 6.07) is 6.55. The summed E-state index contributed by atoms with van der Waals surface area (Å²) in [5.41, 5.74) is 4.44. The molecule has 0 radical (unpaired) electrons. The number of hydrogen-bond donors (Lipinski definition) is 1. The van der Waals surface area contributed by atoms with E-state index in [2.05, 4.69) is 85.1 Å². The van der Waals surface area contributed by atoms with Crippen molar-refractivity contribution < 1.29 is 0 Å². The maximum Gasteiger partial charge on any atom is 0.0465 e. The van der Waals surface area contributed by atoms with Gasteiger partial charge in [0.05, 0.1) is 0 Å². The average Bonchev–Trinajstić information content (AvgIpc) is 2.52. The van der Waals surface area contributed by atoms with Crippen LogP contribution < -0.4 is 4.72 Å². The summed E-state index contributed by atoms with van der Waals surface area (Å²) >= 11 is 3.67. The molecule has 1 N–H and O–H groups in total. The minimum absolute atomic E-state index is 0.147. The Hall–Kier alpha value is -0.250. The SMILES string of the molecule is CC1=Cc2c(Br)cccc2C1S(C)(C)NC(C)(C)C. The third kappa shape index (κ3) is 3.09. The van der Waals surface area contributed by atoms with Gasteiger partial charge in [-0.1, -0.05) is 39.7 Å². The molecule has 19 heavy (non-hydrogen) atoms.